The van der Waals surface area contributed by atoms with Crippen molar-refractivity contribution in [2.45, 2.75) is 37.8 Å². The van der Waals surface area contributed by atoms with Gasteiger partial charge in [-0.25, -0.2) is 0 Å². The van der Waals surface area contributed by atoms with Crippen LogP contribution in [0, 0.1) is 0 Å². The maximum atomic E-state index is 10.5. The molecule has 2 aromatic carbocycles. The number of methoxy groups -OCH3 is 1. The molecule has 1 N–H and O–H groups in total. The van der Waals surface area contributed by atoms with Gasteiger partial charge in [-0.1, -0.05) is 60.7 Å². The number of aliphatic hydroxyl groups excluding tert-OH is 1. The largest absolute Gasteiger partial charge is 0.385 e. The lowest BCUT2D eigenvalue weighted by Gasteiger charge is -2.39. The van der Waals surface area contributed by atoms with Crippen molar-refractivity contribution in [3.8, 4) is 0 Å². The second kappa shape index (κ2) is 9.08. The molecule has 0 radical (unpaired) electrons. The first-order chi connectivity index (χ1) is 12.3. The number of hydrogen-bond acceptors (Lipinski definition) is 5. The van der Waals surface area contributed by atoms with E-state index in [4.69, 9.17) is 18.9 Å². The molecule has 1 saturated heterocycles. The van der Waals surface area contributed by atoms with Crippen molar-refractivity contribution in [2.75, 3.05) is 13.7 Å². The SMILES string of the molecule is CO[C@@H]1OC[C@@H](OCc2ccccc2)[C@H](OCc2ccccc2)[C@H]1O. The third-order valence-electron chi connectivity index (χ3n) is 4.23. The average Bonchev–Trinajstić information content (AvgIpc) is 2.67. The first-order valence-electron chi connectivity index (χ1n) is 8.41. The van der Waals surface area contributed by atoms with Crippen molar-refractivity contribution in [3.63, 3.8) is 0 Å². The van der Waals surface area contributed by atoms with E-state index in [1.165, 1.54) is 7.11 Å². The molecule has 4 atom stereocenters. The van der Waals surface area contributed by atoms with Crippen LogP contribution in [0.2, 0.25) is 0 Å². The van der Waals surface area contributed by atoms with E-state index in [0.717, 1.165) is 11.1 Å². The molecule has 1 aliphatic rings. The molecule has 1 aliphatic heterocycles. The van der Waals surface area contributed by atoms with Crippen LogP contribution in [0.15, 0.2) is 60.7 Å². The fraction of sp³-hybridized carbons (Fsp3) is 0.400. The Balaban J connectivity index is 1.63. The molecular weight excluding hydrogens is 320 g/mol. The topological polar surface area (TPSA) is 57.2 Å². The molecule has 0 saturated carbocycles. The zero-order chi connectivity index (χ0) is 17.5. The van der Waals surface area contributed by atoms with E-state index >= 15 is 0 Å². The van der Waals surface area contributed by atoms with Crippen LogP contribution in [0.5, 0.6) is 0 Å². The first kappa shape index (κ1) is 18.0. The highest BCUT2D eigenvalue weighted by atomic mass is 16.7. The molecule has 2 aromatic rings. The molecule has 0 aromatic heterocycles. The fourth-order valence-corrected chi connectivity index (χ4v) is 2.86. The summed E-state index contributed by atoms with van der Waals surface area (Å²) < 4.78 is 22.7. The fourth-order valence-electron chi connectivity index (χ4n) is 2.86. The van der Waals surface area contributed by atoms with Crippen molar-refractivity contribution in [2.24, 2.45) is 0 Å². The Bertz CT molecular complexity index is 618. The van der Waals surface area contributed by atoms with Gasteiger partial charge in [-0.2, -0.15) is 0 Å². The zero-order valence-corrected chi connectivity index (χ0v) is 14.3. The second-order valence-corrected chi connectivity index (χ2v) is 6.02. The normalized spacial score (nSPS) is 26.5. The summed E-state index contributed by atoms with van der Waals surface area (Å²) in [6.45, 7) is 1.14. The van der Waals surface area contributed by atoms with Crippen LogP contribution in [-0.2, 0) is 32.2 Å². The molecule has 1 fully saturated rings. The minimum atomic E-state index is -0.914. The van der Waals surface area contributed by atoms with Gasteiger partial charge in [0.1, 0.15) is 18.3 Å². The molecule has 0 unspecified atom stereocenters. The van der Waals surface area contributed by atoms with Crippen LogP contribution in [0.1, 0.15) is 11.1 Å². The Morgan fingerprint density at radius 2 is 1.48 bits per heavy atom. The standard InChI is InChI=1S/C20H24O5/c1-22-20-18(21)19(24-13-16-10-6-3-7-11-16)17(14-25-20)23-12-15-8-4-2-5-9-15/h2-11,17-21H,12-14H2,1H3/t17-,18-,19+,20-/m1/s1. The molecule has 0 bridgehead atoms. The van der Waals surface area contributed by atoms with Crippen LogP contribution in [0.3, 0.4) is 0 Å². The minimum absolute atomic E-state index is 0.307. The summed E-state index contributed by atoms with van der Waals surface area (Å²) in [4.78, 5) is 0. The van der Waals surface area contributed by atoms with Crippen molar-refractivity contribution >= 4 is 0 Å². The molecule has 0 aliphatic carbocycles. The second-order valence-electron chi connectivity index (χ2n) is 6.02. The average molecular weight is 344 g/mol. The van der Waals surface area contributed by atoms with Crippen molar-refractivity contribution in [3.05, 3.63) is 71.8 Å². The molecule has 5 nitrogen and oxygen atoms in total. The van der Waals surface area contributed by atoms with E-state index in [1.807, 2.05) is 60.7 Å². The molecule has 25 heavy (non-hydrogen) atoms. The van der Waals surface area contributed by atoms with Gasteiger partial charge in [0.15, 0.2) is 6.29 Å². The van der Waals surface area contributed by atoms with Gasteiger partial charge in [0.25, 0.3) is 0 Å². The summed E-state index contributed by atoms with van der Waals surface area (Å²) in [7, 11) is 1.51. The molecule has 3 rings (SSSR count). The summed E-state index contributed by atoms with van der Waals surface area (Å²) in [5, 5.41) is 10.5. The summed E-state index contributed by atoms with van der Waals surface area (Å²) in [6.07, 6.45) is -2.52. The van der Waals surface area contributed by atoms with Crippen molar-refractivity contribution in [1.29, 1.82) is 0 Å². The molecule has 0 spiro atoms. The maximum Gasteiger partial charge on any atom is 0.185 e. The Labute approximate surface area is 148 Å². The van der Waals surface area contributed by atoms with E-state index in [0.29, 0.717) is 19.8 Å². The number of ether oxygens (including phenoxy) is 4. The molecule has 1 heterocycles. The van der Waals surface area contributed by atoms with E-state index in [-0.39, 0.29) is 6.10 Å². The first-order valence-corrected chi connectivity index (χ1v) is 8.41. The van der Waals surface area contributed by atoms with E-state index < -0.39 is 18.5 Å². The lowest BCUT2D eigenvalue weighted by atomic mass is 10.0. The highest BCUT2D eigenvalue weighted by Gasteiger charge is 2.41. The van der Waals surface area contributed by atoms with Crippen LogP contribution in [-0.4, -0.2) is 43.4 Å². The monoisotopic (exact) mass is 344 g/mol. The van der Waals surface area contributed by atoms with E-state index in [9.17, 15) is 5.11 Å². The molecule has 0 amide bonds. The summed E-state index contributed by atoms with van der Waals surface area (Å²) in [5.41, 5.74) is 2.10. The van der Waals surface area contributed by atoms with Gasteiger partial charge < -0.3 is 24.1 Å². The summed E-state index contributed by atoms with van der Waals surface area (Å²) in [6, 6.07) is 19.7. The summed E-state index contributed by atoms with van der Waals surface area (Å²) in [5.74, 6) is 0. The number of hydrogen-bond donors (Lipinski definition) is 1. The molecule has 134 valence electrons. The predicted octanol–water partition coefficient (Wildman–Crippen LogP) is 2.52. The van der Waals surface area contributed by atoms with Crippen LogP contribution < -0.4 is 0 Å². The zero-order valence-electron chi connectivity index (χ0n) is 14.3. The van der Waals surface area contributed by atoms with E-state index in [1.54, 1.807) is 0 Å². The predicted molar refractivity (Wildman–Crippen MR) is 92.8 cm³/mol. The third-order valence-corrected chi connectivity index (χ3v) is 4.23. The lowest BCUT2D eigenvalue weighted by Crippen LogP contribution is -2.55. The van der Waals surface area contributed by atoms with Gasteiger partial charge in [0, 0.05) is 7.11 Å². The number of rotatable bonds is 7. The Morgan fingerprint density at radius 1 is 0.920 bits per heavy atom. The quantitative estimate of drug-likeness (QED) is 0.836. The Hall–Kier alpha value is -1.76. The van der Waals surface area contributed by atoms with Gasteiger partial charge in [-0.05, 0) is 11.1 Å². The molecular formula is C20H24O5. The van der Waals surface area contributed by atoms with Crippen molar-refractivity contribution in [1.82, 2.24) is 0 Å². The lowest BCUT2D eigenvalue weighted by molar-refractivity contribution is -0.281. The smallest absolute Gasteiger partial charge is 0.185 e. The minimum Gasteiger partial charge on any atom is -0.385 e. The highest BCUT2D eigenvalue weighted by molar-refractivity contribution is 5.14. The van der Waals surface area contributed by atoms with Gasteiger partial charge in [0.2, 0.25) is 0 Å². The third kappa shape index (κ3) is 4.87. The van der Waals surface area contributed by atoms with Gasteiger partial charge in [0.05, 0.1) is 19.8 Å². The highest BCUT2D eigenvalue weighted by Crippen LogP contribution is 2.23. The Morgan fingerprint density at radius 3 is 2.04 bits per heavy atom. The van der Waals surface area contributed by atoms with Crippen LogP contribution in [0.4, 0.5) is 0 Å². The van der Waals surface area contributed by atoms with Gasteiger partial charge >= 0.3 is 0 Å². The van der Waals surface area contributed by atoms with E-state index in [2.05, 4.69) is 0 Å². The number of aliphatic hydroxyl groups is 1. The van der Waals surface area contributed by atoms with Gasteiger partial charge in [-0.15, -0.1) is 0 Å². The maximum absolute atomic E-state index is 10.5. The molecule has 5 heteroatoms. The summed E-state index contributed by atoms with van der Waals surface area (Å²) >= 11 is 0. The van der Waals surface area contributed by atoms with Crippen molar-refractivity contribution < 1.29 is 24.1 Å². The van der Waals surface area contributed by atoms with Crippen LogP contribution >= 0.6 is 0 Å². The van der Waals surface area contributed by atoms with Gasteiger partial charge in [-0.3, -0.25) is 0 Å². The number of benzene rings is 2. The van der Waals surface area contributed by atoms with Crippen LogP contribution in [0.25, 0.3) is 0 Å². The Kier molecular flexibility index (Phi) is 6.55.